The zero-order valence-corrected chi connectivity index (χ0v) is 11.8. The average Bonchev–Trinajstić information content (AvgIpc) is 2.62. The molecule has 0 spiro atoms. The number of rotatable bonds is 3. The van der Waals surface area contributed by atoms with Gasteiger partial charge in [-0.15, -0.1) is 0 Å². The lowest BCUT2D eigenvalue weighted by atomic mass is 10.0. The summed E-state index contributed by atoms with van der Waals surface area (Å²) < 4.78 is 0. The Kier molecular flexibility index (Phi) is 4.85. The highest BCUT2D eigenvalue weighted by Crippen LogP contribution is 2.26. The van der Waals surface area contributed by atoms with Crippen molar-refractivity contribution in [3.05, 3.63) is 35.9 Å². The van der Waals surface area contributed by atoms with Crippen LogP contribution < -0.4 is 5.32 Å². The smallest absolute Gasteiger partial charge is 0.233 e. The average molecular weight is 278 g/mol. The van der Waals surface area contributed by atoms with Crippen LogP contribution in [0.25, 0.3) is 0 Å². The van der Waals surface area contributed by atoms with Crippen LogP contribution in [0.5, 0.6) is 0 Å². The molecule has 2 rings (SSSR count). The molecule has 0 radical (unpaired) electrons. The fraction of sp³-hybridized carbons (Fsp3) is 0.429. The van der Waals surface area contributed by atoms with Crippen molar-refractivity contribution >= 4 is 23.6 Å². The summed E-state index contributed by atoms with van der Waals surface area (Å²) in [6.07, 6.45) is 2.25. The number of nitrogens with one attached hydrogen (secondary N) is 1. The van der Waals surface area contributed by atoms with E-state index in [4.69, 9.17) is 0 Å². The van der Waals surface area contributed by atoms with Crippen LogP contribution in [-0.4, -0.2) is 41.8 Å². The highest BCUT2D eigenvalue weighted by molar-refractivity contribution is 7.99. The number of nitrogens with zero attached hydrogens (tertiary/aromatic N) is 1. The number of thioether (sulfide) groups is 1. The topological polar surface area (TPSA) is 49.4 Å². The predicted octanol–water partition coefficient (Wildman–Crippen LogP) is 1.44. The minimum Gasteiger partial charge on any atom is -0.354 e. The second kappa shape index (κ2) is 6.61. The first kappa shape index (κ1) is 13.9. The van der Waals surface area contributed by atoms with Gasteiger partial charge >= 0.3 is 0 Å². The summed E-state index contributed by atoms with van der Waals surface area (Å²) >= 11 is 1.51. The van der Waals surface area contributed by atoms with Gasteiger partial charge in [-0.2, -0.15) is 11.8 Å². The van der Waals surface area contributed by atoms with E-state index >= 15 is 0 Å². The molecular formula is C14H18N2O2S. The molecule has 1 aromatic rings. The molecule has 19 heavy (non-hydrogen) atoms. The van der Waals surface area contributed by atoms with Gasteiger partial charge in [0.25, 0.3) is 0 Å². The molecule has 1 N–H and O–H groups in total. The van der Waals surface area contributed by atoms with Crippen molar-refractivity contribution in [3.63, 3.8) is 0 Å². The molecule has 4 nitrogen and oxygen atoms in total. The largest absolute Gasteiger partial charge is 0.354 e. The quantitative estimate of drug-likeness (QED) is 0.910. The van der Waals surface area contributed by atoms with E-state index in [0.717, 1.165) is 5.56 Å². The van der Waals surface area contributed by atoms with Crippen LogP contribution in [0.4, 0.5) is 0 Å². The molecule has 1 aromatic carbocycles. The third kappa shape index (κ3) is 3.50. The summed E-state index contributed by atoms with van der Waals surface area (Å²) in [6, 6.07) is 9.62. The monoisotopic (exact) mass is 278 g/mol. The van der Waals surface area contributed by atoms with Gasteiger partial charge in [0.2, 0.25) is 11.8 Å². The summed E-state index contributed by atoms with van der Waals surface area (Å²) in [6.45, 7) is 1.10. The second-order valence-electron chi connectivity index (χ2n) is 4.50. The molecule has 1 aliphatic heterocycles. The van der Waals surface area contributed by atoms with Gasteiger partial charge in [-0.25, -0.2) is 0 Å². The van der Waals surface area contributed by atoms with Gasteiger partial charge in [0.05, 0.1) is 18.2 Å². The van der Waals surface area contributed by atoms with Gasteiger partial charge in [0.1, 0.15) is 0 Å². The lowest BCUT2D eigenvalue weighted by molar-refractivity contribution is -0.131. The van der Waals surface area contributed by atoms with E-state index in [9.17, 15) is 9.59 Å². The van der Waals surface area contributed by atoms with E-state index in [1.807, 2.05) is 41.5 Å². The highest BCUT2D eigenvalue weighted by atomic mass is 32.2. The molecule has 1 atom stereocenters. The first-order chi connectivity index (χ1) is 9.22. The molecule has 1 aliphatic rings. The van der Waals surface area contributed by atoms with Crippen molar-refractivity contribution in [1.29, 1.82) is 0 Å². The Hall–Kier alpha value is -1.49. The summed E-state index contributed by atoms with van der Waals surface area (Å²) in [7, 11) is 0. The van der Waals surface area contributed by atoms with Crippen LogP contribution >= 0.6 is 11.8 Å². The highest BCUT2D eigenvalue weighted by Gasteiger charge is 2.29. The van der Waals surface area contributed by atoms with Gasteiger partial charge < -0.3 is 10.2 Å². The maximum atomic E-state index is 12.2. The fourth-order valence-electron chi connectivity index (χ4n) is 2.31. The Morgan fingerprint density at radius 1 is 1.42 bits per heavy atom. The summed E-state index contributed by atoms with van der Waals surface area (Å²) in [5, 5.41) is 2.83. The number of benzene rings is 1. The number of hydrogen-bond acceptors (Lipinski definition) is 3. The fourth-order valence-corrected chi connectivity index (χ4v) is 2.72. The van der Waals surface area contributed by atoms with Crippen LogP contribution in [0, 0.1) is 0 Å². The Labute approximate surface area is 117 Å². The summed E-state index contributed by atoms with van der Waals surface area (Å²) in [5.74, 6) is 0.559. The van der Waals surface area contributed by atoms with Crippen molar-refractivity contribution < 1.29 is 9.59 Å². The van der Waals surface area contributed by atoms with Crippen molar-refractivity contribution in [3.8, 4) is 0 Å². The van der Waals surface area contributed by atoms with Crippen LogP contribution in [0.3, 0.4) is 0 Å². The van der Waals surface area contributed by atoms with E-state index in [1.165, 1.54) is 11.8 Å². The normalized spacial score (nSPS) is 19.7. The third-order valence-electron chi connectivity index (χ3n) is 3.20. The SMILES string of the molecule is CSCC(=O)N1CCNC(=O)CC1c1ccccc1. The Bertz CT molecular complexity index is 450. The van der Waals surface area contributed by atoms with Crippen molar-refractivity contribution in [1.82, 2.24) is 10.2 Å². The third-order valence-corrected chi connectivity index (χ3v) is 3.74. The predicted molar refractivity (Wildman–Crippen MR) is 76.9 cm³/mol. The van der Waals surface area contributed by atoms with E-state index in [0.29, 0.717) is 25.3 Å². The van der Waals surface area contributed by atoms with Gasteiger partial charge in [-0.3, -0.25) is 9.59 Å². The van der Waals surface area contributed by atoms with Crippen molar-refractivity contribution in [2.24, 2.45) is 0 Å². The molecule has 0 saturated carbocycles. The second-order valence-corrected chi connectivity index (χ2v) is 5.37. The van der Waals surface area contributed by atoms with Crippen molar-refractivity contribution in [2.75, 3.05) is 25.1 Å². The molecule has 1 saturated heterocycles. The molecule has 1 fully saturated rings. The molecule has 1 unspecified atom stereocenters. The Morgan fingerprint density at radius 2 is 2.16 bits per heavy atom. The van der Waals surface area contributed by atoms with Gasteiger partial charge in [-0.05, 0) is 11.8 Å². The van der Waals surface area contributed by atoms with Crippen LogP contribution in [0.1, 0.15) is 18.0 Å². The molecule has 0 bridgehead atoms. The van der Waals surface area contributed by atoms with Crippen molar-refractivity contribution in [2.45, 2.75) is 12.5 Å². The summed E-state index contributed by atoms with van der Waals surface area (Å²) in [5.41, 5.74) is 1.02. The molecule has 102 valence electrons. The molecule has 2 amide bonds. The number of carbonyl (C=O) groups is 2. The zero-order valence-electron chi connectivity index (χ0n) is 11.0. The molecule has 0 aliphatic carbocycles. The molecule has 5 heteroatoms. The van der Waals surface area contributed by atoms with E-state index < -0.39 is 0 Å². The lowest BCUT2D eigenvalue weighted by Crippen LogP contribution is -2.37. The standard InChI is InChI=1S/C14H18N2O2S/c1-19-10-14(18)16-8-7-15-13(17)9-12(16)11-5-3-2-4-6-11/h2-6,12H,7-10H2,1H3,(H,15,17). The maximum absolute atomic E-state index is 12.2. The number of carbonyl (C=O) groups excluding carboxylic acids is 2. The lowest BCUT2D eigenvalue weighted by Gasteiger charge is -2.29. The van der Waals surface area contributed by atoms with Gasteiger partial charge in [-0.1, -0.05) is 30.3 Å². The first-order valence-corrected chi connectivity index (χ1v) is 7.72. The number of hydrogen-bond donors (Lipinski definition) is 1. The van der Waals surface area contributed by atoms with Gasteiger partial charge in [0.15, 0.2) is 0 Å². The molecule has 0 aromatic heterocycles. The van der Waals surface area contributed by atoms with E-state index in [2.05, 4.69) is 5.32 Å². The van der Waals surface area contributed by atoms with Crippen LogP contribution in [0.15, 0.2) is 30.3 Å². The minimum absolute atomic E-state index is 0.00769. The Morgan fingerprint density at radius 3 is 2.84 bits per heavy atom. The first-order valence-electron chi connectivity index (χ1n) is 6.32. The molecule has 1 heterocycles. The molecular weight excluding hydrogens is 260 g/mol. The van der Waals surface area contributed by atoms with E-state index in [1.54, 1.807) is 0 Å². The van der Waals surface area contributed by atoms with Crippen LogP contribution in [0.2, 0.25) is 0 Å². The van der Waals surface area contributed by atoms with Gasteiger partial charge in [0, 0.05) is 13.1 Å². The summed E-state index contributed by atoms with van der Waals surface area (Å²) in [4.78, 5) is 25.8. The van der Waals surface area contributed by atoms with E-state index in [-0.39, 0.29) is 17.9 Å². The Balaban J connectivity index is 2.26. The van der Waals surface area contributed by atoms with Crippen LogP contribution in [-0.2, 0) is 9.59 Å². The maximum Gasteiger partial charge on any atom is 0.233 e. The minimum atomic E-state index is -0.150. The number of amides is 2. The zero-order chi connectivity index (χ0) is 13.7.